The molecule has 1 fully saturated rings. The SMILES string of the molecule is CC1=C2[C@@H](C)CCC(=O)O[C@@H]2[C@H](CC[Si](C)(C)c2ccccc2)[C@H](O[Si](C)(C)C(C)(C)C)C1. The first kappa shape index (κ1) is 26.4. The van der Waals surface area contributed by atoms with E-state index in [1.165, 1.54) is 22.4 Å². The molecular weight excluding hydrogens is 440 g/mol. The highest BCUT2D eigenvalue weighted by molar-refractivity contribution is 6.89. The molecule has 184 valence electrons. The van der Waals surface area contributed by atoms with E-state index in [9.17, 15) is 4.79 Å². The van der Waals surface area contributed by atoms with E-state index >= 15 is 0 Å². The number of fused-ring (bicyclic) bond motifs is 1. The maximum atomic E-state index is 12.6. The quantitative estimate of drug-likeness (QED) is 0.245. The summed E-state index contributed by atoms with van der Waals surface area (Å²) in [6.07, 6.45) is 3.44. The number of ether oxygens (including phenoxy) is 1. The number of hydrogen-bond acceptors (Lipinski definition) is 3. The molecule has 3 nitrogen and oxygen atoms in total. The van der Waals surface area contributed by atoms with Crippen molar-refractivity contribution in [1.82, 2.24) is 0 Å². The van der Waals surface area contributed by atoms with Gasteiger partial charge in [0.25, 0.3) is 0 Å². The molecule has 0 spiro atoms. The predicted octanol–water partition coefficient (Wildman–Crippen LogP) is 7.06. The molecule has 0 saturated carbocycles. The zero-order valence-electron chi connectivity index (χ0n) is 22.5. The van der Waals surface area contributed by atoms with Crippen molar-refractivity contribution in [2.75, 3.05) is 0 Å². The molecule has 2 aliphatic rings. The highest BCUT2D eigenvalue weighted by Gasteiger charge is 2.47. The summed E-state index contributed by atoms with van der Waals surface area (Å²) in [6, 6.07) is 12.2. The van der Waals surface area contributed by atoms with Crippen LogP contribution in [0.1, 0.15) is 60.3 Å². The lowest BCUT2D eigenvalue weighted by molar-refractivity contribution is -0.151. The van der Waals surface area contributed by atoms with Gasteiger partial charge in [0.1, 0.15) is 6.10 Å². The van der Waals surface area contributed by atoms with Crippen LogP contribution in [0.15, 0.2) is 41.5 Å². The van der Waals surface area contributed by atoms with E-state index in [1.54, 1.807) is 0 Å². The van der Waals surface area contributed by atoms with Gasteiger partial charge in [0, 0.05) is 12.3 Å². The van der Waals surface area contributed by atoms with Crippen molar-refractivity contribution in [1.29, 1.82) is 0 Å². The molecule has 4 atom stereocenters. The van der Waals surface area contributed by atoms with Crippen LogP contribution in [0.4, 0.5) is 0 Å². The zero-order valence-corrected chi connectivity index (χ0v) is 24.5. The fourth-order valence-corrected chi connectivity index (χ4v) is 9.17. The third-order valence-corrected chi connectivity index (χ3v) is 16.6. The second-order valence-electron chi connectivity index (χ2n) is 12.7. The van der Waals surface area contributed by atoms with Crippen LogP contribution in [0, 0.1) is 11.8 Å². The van der Waals surface area contributed by atoms with Gasteiger partial charge in [-0.1, -0.05) is 87.9 Å². The molecule has 1 heterocycles. The average molecular weight is 487 g/mol. The van der Waals surface area contributed by atoms with Gasteiger partial charge >= 0.3 is 5.97 Å². The summed E-state index contributed by atoms with van der Waals surface area (Å²) in [5, 5.41) is 1.65. The largest absolute Gasteiger partial charge is 0.457 e. The highest BCUT2D eigenvalue weighted by atomic mass is 28.4. The minimum absolute atomic E-state index is 0.0350. The minimum Gasteiger partial charge on any atom is -0.457 e. The zero-order chi connectivity index (χ0) is 24.6. The van der Waals surface area contributed by atoms with Gasteiger partial charge in [0.05, 0.1) is 14.2 Å². The Kier molecular flexibility index (Phi) is 7.87. The van der Waals surface area contributed by atoms with Gasteiger partial charge in [0.15, 0.2) is 8.32 Å². The molecule has 0 unspecified atom stereocenters. The van der Waals surface area contributed by atoms with Crippen LogP contribution in [0.2, 0.25) is 37.3 Å². The summed E-state index contributed by atoms with van der Waals surface area (Å²) in [5.74, 6) is 0.599. The molecule has 0 N–H and O–H groups in total. The number of carbonyl (C=O) groups is 1. The monoisotopic (exact) mass is 486 g/mol. The van der Waals surface area contributed by atoms with E-state index in [2.05, 4.69) is 91.1 Å². The highest BCUT2D eigenvalue weighted by Crippen LogP contribution is 2.46. The lowest BCUT2D eigenvalue weighted by atomic mass is 9.74. The van der Waals surface area contributed by atoms with E-state index in [4.69, 9.17) is 9.16 Å². The standard InChI is InChI=1S/C28H46O3Si2/c1-20-15-16-25(29)30-27-23(17-18-32(6,7)22-13-11-10-12-14-22)24(19-21(2)26(20)27)31-33(8,9)28(3,4)5/h10-14,20,23-24,27H,15-19H2,1-9H3/t20-,23+,24+,27+/m0/s1. The number of esters is 1. The molecule has 5 heteroatoms. The molecule has 0 bridgehead atoms. The van der Waals surface area contributed by atoms with Crippen LogP contribution in [0.3, 0.4) is 0 Å². The van der Waals surface area contributed by atoms with Gasteiger partial charge in [-0.05, 0) is 55.8 Å². The van der Waals surface area contributed by atoms with Crippen LogP contribution >= 0.6 is 0 Å². The normalized spacial score (nSPS) is 27.1. The first-order valence-corrected chi connectivity index (χ1v) is 19.0. The molecule has 3 rings (SSSR count). The van der Waals surface area contributed by atoms with Crippen LogP contribution in [-0.2, 0) is 14.0 Å². The number of rotatable bonds is 6. The Morgan fingerprint density at radius 1 is 1.09 bits per heavy atom. The second kappa shape index (κ2) is 9.83. The molecule has 0 amide bonds. The Labute approximate surface area is 204 Å². The Bertz CT molecular complexity index is 867. The maximum absolute atomic E-state index is 12.6. The van der Waals surface area contributed by atoms with E-state index in [0.29, 0.717) is 12.3 Å². The third-order valence-electron chi connectivity index (χ3n) is 8.65. The fourth-order valence-electron chi connectivity index (χ4n) is 5.36. The molecule has 0 radical (unpaired) electrons. The Morgan fingerprint density at radius 3 is 2.33 bits per heavy atom. The molecular formula is C28H46O3Si2. The second-order valence-corrected chi connectivity index (χ2v) is 22.3. The summed E-state index contributed by atoms with van der Waals surface area (Å²) in [6.45, 7) is 21.1. The van der Waals surface area contributed by atoms with Crippen LogP contribution in [0.25, 0.3) is 0 Å². The van der Waals surface area contributed by atoms with Crippen molar-refractivity contribution in [3.8, 4) is 0 Å². The van der Waals surface area contributed by atoms with E-state index in [-0.39, 0.29) is 29.1 Å². The average Bonchev–Trinajstić information content (AvgIpc) is 2.85. The lowest BCUT2D eigenvalue weighted by Gasteiger charge is -2.46. The van der Waals surface area contributed by atoms with E-state index in [0.717, 1.165) is 19.3 Å². The molecule has 1 aromatic carbocycles. The van der Waals surface area contributed by atoms with Gasteiger partial charge < -0.3 is 9.16 Å². The summed E-state index contributed by atoms with van der Waals surface area (Å²) in [4.78, 5) is 12.6. The van der Waals surface area contributed by atoms with Crippen molar-refractivity contribution < 1.29 is 14.0 Å². The summed E-state index contributed by atoms with van der Waals surface area (Å²) in [5.41, 5.74) is 2.78. The Morgan fingerprint density at radius 2 is 1.73 bits per heavy atom. The first-order valence-electron chi connectivity index (χ1n) is 12.9. The van der Waals surface area contributed by atoms with Crippen LogP contribution in [0.5, 0.6) is 0 Å². The molecule has 33 heavy (non-hydrogen) atoms. The van der Waals surface area contributed by atoms with Crippen molar-refractivity contribution in [2.24, 2.45) is 11.8 Å². The summed E-state index contributed by atoms with van der Waals surface area (Å²) >= 11 is 0. The van der Waals surface area contributed by atoms with E-state index < -0.39 is 16.4 Å². The topological polar surface area (TPSA) is 35.5 Å². The van der Waals surface area contributed by atoms with Gasteiger partial charge in [-0.25, -0.2) is 0 Å². The fraction of sp³-hybridized carbons (Fsp3) is 0.679. The van der Waals surface area contributed by atoms with Gasteiger partial charge in [0.2, 0.25) is 0 Å². The van der Waals surface area contributed by atoms with Gasteiger partial charge in [-0.15, -0.1) is 0 Å². The van der Waals surface area contributed by atoms with E-state index in [1.807, 2.05) is 0 Å². The smallest absolute Gasteiger partial charge is 0.306 e. The first-order chi connectivity index (χ1) is 15.2. The molecule has 0 aromatic heterocycles. The lowest BCUT2D eigenvalue weighted by Crippen LogP contribution is -2.51. The number of hydrogen-bond donors (Lipinski definition) is 0. The Hall–Kier alpha value is -1.18. The van der Waals surface area contributed by atoms with Crippen molar-refractivity contribution in [3.05, 3.63) is 41.5 Å². The number of carbonyl (C=O) groups excluding carboxylic acids is 1. The molecule has 1 saturated heterocycles. The van der Waals surface area contributed by atoms with Crippen molar-refractivity contribution in [2.45, 2.75) is 110 Å². The molecule has 1 aliphatic heterocycles. The van der Waals surface area contributed by atoms with Crippen molar-refractivity contribution in [3.63, 3.8) is 0 Å². The summed E-state index contributed by atoms with van der Waals surface area (Å²) in [7, 11) is -3.57. The van der Waals surface area contributed by atoms with Gasteiger partial charge in [-0.2, -0.15) is 0 Å². The summed E-state index contributed by atoms with van der Waals surface area (Å²) < 4.78 is 13.3. The molecule has 1 aliphatic carbocycles. The maximum Gasteiger partial charge on any atom is 0.306 e. The minimum atomic E-state index is -1.96. The van der Waals surface area contributed by atoms with Crippen molar-refractivity contribution >= 4 is 27.5 Å². The van der Waals surface area contributed by atoms with Gasteiger partial charge in [-0.3, -0.25) is 4.79 Å². The molecule has 1 aromatic rings. The van der Waals surface area contributed by atoms with Crippen LogP contribution in [-0.4, -0.2) is 34.6 Å². The third kappa shape index (κ3) is 5.91. The Balaban J connectivity index is 1.95. The van der Waals surface area contributed by atoms with Crippen LogP contribution < -0.4 is 5.19 Å². The predicted molar refractivity (Wildman–Crippen MR) is 144 cm³/mol. The number of benzene rings is 1.